The highest BCUT2D eigenvalue weighted by Gasteiger charge is 2.24. The van der Waals surface area contributed by atoms with Crippen LogP contribution in [0.1, 0.15) is 29.2 Å². The van der Waals surface area contributed by atoms with E-state index in [1.54, 1.807) is 0 Å². The first kappa shape index (κ1) is 22.4. The van der Waals surface area contributed by atoms with Gasteiger partial charge in [-0.15, -0.1) is 0 Å². The van der Waals surface area contributed by atoms with Crippen LogP contribution in [-0.2, 0) is 17.8 Å². The van der Waals surface area contributed by atoms with Crippen molar-refractivity contribution >= 4 is 50.5 Å². The number of rotatable bonds is 6. The van der Waals surface area contributed by atoms with Gasteiger partial charge in [0.05, 0.1) is 10.6 Å². The second-order valence-corrected chi connectivity index (χ2v) is 9.41. The Labute approximate surface area is 200 Å². The summed E-state index contributed by atoms with van der Waals surface area (Å²) in [5.74, 6) is 0.555. The lowest BCUT2D eigenvalue weighted by Gasteiger charge is -2.11. The van der Waals surface area contributed by atoms with E-state index in [0.29, 0.717) is 16.7 Å². The first-order chi connectivity index (χ1) is 15.5. The molecule has 1 saturated heterocycles. The van der Waals surface area contributed by atoms with Gasteiger partial charge in [0, 0.05) is 10.0 Å². The lowest BCUT2D eigenvalue weighted by Crippen LogP contribution is -2.19. The summed E-state index contributed by atoms with van der Waals surface area (Å²) in [5.41, 5.74) is 5.20. The topological polar surface area (TPSA) is 50.7 Å². The number of halogens is 1. The summed E-state index contributed by atoms with van der Waals surface area (Å²) >= 11 is 4.85. The number of nitrogens with zero attached hydrogens (tertiary/aromatic N) is 1. The highest BCUT2D eigenvalue weighted by atomic mass is 79.9. The molecule has 0 aliphatic carbocycles. The van der Waals surface area contributed by atoms with Gasteiger partial charge in [0.25, 0.3) is 5.91 Å². The number of thioether (sulfide) groups is 1. The van der Waals surface area contributed by atoms with Crippen LogP contribution in [-0.4, -0.2) is 11.1 Å². The summed E-state index contributed by atoms with van der Waals surface area (Å²) in [5, 5.41) is 3.42. The van der Waals surface area contributed by atoms with E-state index in [9.17, 15) is 4.79 Å². The Kier molecular flexibility index (Phi) is 7.12. The predicted molar refractivity (Wildman–Crippen MR) is 136 cm³/mol. The van der Waals surface area contributed by atoms with E-state index in [4.69, 9.17) is 4.74 Å². The zero-order valence-corrected chi connectivity index (χ0v) is 20.3. The largest absolute Gasteiger partial charge is 0.488 e. The minimum atomic E-state index is -0.163. The Morgan fingerprint density at radius 2 is 1.88 bits per heavy atom. The molecule has 0 bridgehead atoms. The van der Waals surface area contributed by atoms with E-state index in [2.05, 4.69) is 64.4 Å². The normalized spacial score (nSPS) is 15.9. The summed E-state index contributed by atoms with van der Waals surface area (Å²) in [6, 6.07) is 22.1. The Hall–Kier alpha value is -2.83. The molecule has 0 aromatic heterocycles. The number of nitrogens with one attached hydrogen (secondary N) is 1. The first-order valence-corrected chi connectivity index (χ1v) is 12.0. The van der Waals surface area contributed by atoms with Gasteiger partial charge < -0.3 is 10.1 Å². The third-order valence-corrected chi connectivity index (χ3v) is 6.36. The fraction of sp³-hybridized carbons (Fsp3) is 0.154. The number of hydrogen-bond donors (Lipinski definition) is 1. The molecule has 32 heavy (non-hydrogen) atoms. The van der Waals surface area contributed by atoms with Gasteiger partial charge in [-0.05, 0) is 72.6 Å². The second-order valence-electron chi connectivity index (χ2n) is 7.46. The average Bonchev–Trinajstić information content (AvgIpc) is 3.12. The summed E-state index contributed by atoms with van der Waals surface area (Å²) < 4.78 is 7.00. The average molecular weight is 507 g/mol. The quantitative estimate of drug-likeness (QED) is 0.374. The Morgan fingerprint density at radius 3 is 2.62 bits per heavy atom. The van der Waals surface area contributed by atoms with Gasteiger partial charge in [-0.3, -0.25) is 4.79 Å². The zero-order chi connectivity index (χ0) is 22.5. The molecule has 1 N–H and O–H groups in total. The molecule has 0 saturated carbocycles. The monoisotopic (exact) mass is 506 g/mol. The van der Waals surface area contributed by atoms with Crippen LogP contribution in [0.3, 0.4) is 0 Å². The van der Waals surface area contributed by atoms with E-state index in [-0.39, 0.29) is 5.91 Å². The van der Waals surface area contributed by atoms with Crippen LogP contribution in [0.5, 0.6) is 5.75 Å². The smallest absolute Gasteiger partial charge is 0.264 e. The number of ether oxygens (including phenoxy) is 1. The number of carbonyl (C=O) groups excluding carboxylic acids is 1. The van der Waals surface area contributed by atoms with E-state index < -0.39 is 0 Å². The van der Waals surface area contributed by atoms with Crippen LogP contribution in [0.15, 0.2) is 81.1 Å². The van der Waals surface area contributed by atoms with Gasteiger partial charge in [0.15, 0.2) is 5.17 Å². The molecule has 1 amide bonds. The molecular weight excluding hydrogens is 484 g/mol. The molecule has 0 radical (unpaired) electrons. The van der Waals surface area contributed by atoms with Crippen molar-refractivity contribution in [1.29, 1.82) is 0 Å². The number of amides is 1. The summed E-state index contributed by atoms with van der Waals surface area (Å²) in [4.78, 5) is 17.7. The first-order valence-electron chi connectivity index (χ1n) is 10.4. The van der Waals surface area contributed by atoms with Crippen molar-refractivity contribution < 1.29 is 9.53 Å². The lowest BCUT2D eigenvalue weighted by atomic mass is 10.1. The summed E-state index contributed by atoms with van der Waals surface area (Å²) in [6.45, 7) is 4.64. The zero-order valence-electron chi connectivity index (χ0n) is 17.9. The van der Waals surface area contributed by atoms with Gasteiger partial charge in [0.1, 0.15) is 12.4 Å². The molecular formula is C26H23BrN2O2S. The van der Waals surface area contributed by atoms with Crippen LogP contribution in [0.4, 0.5) is 5.69 Å². The maximum Gasteiger partial charge on any atom is 0.264 e. The van der Waals surface area contributed by atoms with Gasteiger partial charge in [-0.25, -0.2) is 4.99 Å². The summed E-state index contributed by atoms with van der Waals surface area (Å²) in [7, 11) is 0. The summed E-state index contributed by atoms with van der Waals surface area (Å²) in [6.07, 6.45) is 2.83. The molecule has 1 aliphatic heterocycles. The number of hydrogen-bond acceptors (Lipinski definition) is 4. The molecule has 0 atom stereocenters. The third kappa shape index (κ3) is 5.69. The second kappa shape index (κ2) is 10.2. The highest BCUT2D eigenvalue weighted by Crippen LogP contribution is 2.32. The molecule has 1 aliphatic rings. The van der Waals surface area contributed by atoms with Gasteiger partial charge in [-0.1, -0.05) is 64.8 Å². The number of carbonyl (C=O) groups is 1. The van der Waals surface area contributed by atoms with Crippen LogP contribution in [0.2, 0.25) is 0 Å². The van der Waals surface area contributed by atoms with Crippen molar-refractivity contribution in [2.24, 2.45) is 4.99 Å². The molecule has 162 valence electrons. The fourth-order valence-corrected chi connectivity index (χ4v) is 4.48. The van der Waals surface area contributed by atoms with Crippen molar-refractivity contribution in [3.63, 3.8) is 0 Å². The molecule has 6 heteroatoms. The van der Waals surface area contributed by atoms with Gasteiger partial charge >= 0.3 is 0 Å². The maximum absolute atomic E-state index is 12.6. The molecule has 4 nitrogen and oxygen atoms in total. The molecule has 1 heterocycles. The van der Waals surface area contributed by atoms with Gasteiger partial charge in [-0.2, -0.15) is 0 Å². The van der Waals surface area contributed by atoms with Crippen LogP contribution in [0, 0.1) is 6.92 Å². The fourth-order valence-electron chi connectivity index (χ4n) is 3.27. The third-order valence-electron chi connectivity index (χ3n) is 4.96. The van der Waals surface area contributed by atoms with Crippen molar-refractivity contribution in [3.8, 4) is 5.75 Å². The number of amidine groups is 1. The van der Waals surface area contributed by atoms with Crippen LogP contribution in [0.25, 0.3) is 6.08 Å². The Balaban J connectivity index is 1.54. The predicted octanol–water partition coefficient (Wildman–Crippen LogP) is 6.79. The molecule has 0 unspecified atom stereocenters. The molecule has 0 spiro atoms. The molecule has 3 aromatic carbocycles. The van der Waals surface area contributed by atoms with Crippen molar-refractivity contribution in [2.75, 3.05) is 0 Å². The van der Waals surface area contributed by atoms with Crippen LogP contribution < -0.4 is 10.1 Å². The number of benzene rings is 3. The highest BCUT2D eigenvalue weighted by molar-refractivity contribution is 9.10. The minimum absolute atomic E-state index is 0.163. The molecule has 4 rings (SSSR count). The standard InChI is InChI=1S/C26H23BrN2O2S/c1-3-18-7-10-22(11-8-18)28-26-29-25(30)24(32-26)15-20-14-21(27)9-12-23(20)31-16-19-6-4-5-17(2)13-19/h4-15H,3,16H2,1-2H3,(H,28,29,30)/b24-15-. The number of aryl methyl sites for hydroxylation is 2. The van der Waals surface area contributed by atoms with E-state index >= 15 is 0 Å². The van der Waals surface area contributed by atoms with E-state index in [0.717, 1.165) is 33.5 Å². The van der Waals surface area contributed by atoms with Crippen molar-refractivity contribution in [1.82, 2.24) is 5.32 Å². The van der Waals surface area contributed by atoms with Crippen LogP contribution >= 0.6 is 27.7 Å². The lowest BCUT2D eigenvalue weighted by molar-refractivity contribution is -0.115. The Morgan fingerprint density at radius 1 is 1.06 bits per heavy atom. The van der Waals surface area contributed by atoms with E-state index in [1.165, 1.54) is 22.9 Å². The molecule has 3 aromatic rings. The Bertz CT molecular complexity index is 1200. The SMILES string of the molecule is CCc1ccc(N=C2NC(=O)/C(=C/c3cc(Br)ccc3OCc3cccc(C)c3)S2)cc1. The minimum Gasteiger partial charge on any atom is -0.488 e. The van der Waals surface area contributed by atoms with Crippen molar-refractivity contribution in [3.05, 3.63) is 98.4 Å². The molecule has 1 fully saturated rings. The number of aliphatic imine (C=N–C) groups is 1. The van der Waals surface area contributed by atoms with E-state index in [1.807, 2.05) is 48.5 Å². The maximum atomic E-state index is 12.6. The van der Waals surface area contributed by atoms with Crippen molar-refractivity contribution in [2.45, 2.75) is 26.9 Å². The van der Waals surface area contributed by atoms with Gasteiger partial charge in [0.2, 0.25) is 0 Å².